The van der Waals surface area contributed by atoms with Gasteiger partial charge in [0.1, 0.15) is 11.1 Å². The minimum Gasteiger partial charge on any atom is -0.335 e. The number of hydrogen-bond acceptors (Lipinski definition) is 7. The maximum atomic E-state index is 12.8. The van der Waals surface area contributed by atoms with Crippen molar-refractivity contribution in [1.29, 1.82) is 5.26 Å². The van der Waals surface area contributed by atoms with Gasteiger partial charge in [-0.25, -0.2) is 0 Å². The Bertz CT molecular complexity index is 896. The van der Waals surface area contributed by atoms with Gasteiger partial charge in [0.15, 0.2) is 5.69 Å². The normalized spacial score (nSPS) is 19.8. The summed E-state index contributed by atoms with van der Waals surface area (Å²) in [6.07, 6.45) is 0.191. The van der Waals surface area contributed by atoms with E-state index >= 15 is 0 Å². The number of aromatic nitrogens is 4. The third-order valence-electron chi connectivity index (χ3n) is 4.44. The number of rotatable bonds is 2. The lowest BCUT2D eigenvalue weighted by Crippen LogP contribution is -2.42. The molecule has 2 aliphatic heterocycles. The van der Waals surface area contributed by atoms with E-state index in [9.17, 15) is 9.59 Å². The van der Waals surface area contributed by atoms with Crippen LogP contribution < -0.4 is 4.90 Å². The zero-order valence-corrected chi connectivity index (χ0v) is 14.4. The molecule has 0 saturated carbocycles. The number of hydrogen-bond donors (Lipinski definition) is 0. The van der Waals surface area contributed by atoms with Crippen molar-refractivity contribution in [3.05, 3.63) is 22.5 Å². The van der Waals surface area contributed by atoms with Gasteiger partial charge < -0.3 is 4.90 Å². The van der Waals surface area contributed by atoms with Crippen molar-refractivity contribution in [1.82, 2.24) is 24.9 Å². The molecule has 0 N–H and O–H groups in total. The van der Waals surface area contributed by atoms with E-state index in [0.717, 1.165) is 10.7 Å². The highest BCUT2D eigenvalue weighted by Crippen LogP contribution is 2.29. The average molecular weight is 357 g/mol. The molecule has 0 radical (unpaired) electrons. The first-order chi connectivity index (χ1) is 12.0. The molecule has 2 aliphatic rings. The Labute approximate surface area is 147 Å². The molecule has 2 aromatic heterocycles. The zero-order chi connectivity index (χ0) is 17.6. The Kier molecular flexibility index (Phi) is 3.73. The first-order valence-corrected chi connectivity index (χ1v) is 8.73. The Morgan fingerprint density at radius 3 is 2.96 bits per heavy atom. The Hall–Kier alpha value is -2.80. The van der Waals surface area contributed by atoms with Crippen molar-refractivity contribution in [2.24, 2.45) is 5.92 Å². The largest absolute Gasteiger partial charge is 0.335 e. The highest BCUT2D eigenvalue weighted by atomic mass is 32.1. The number of anilines is 1. The van der Waals surface area contributed by atoms with Gasteiger partial charge in [0.25, 0.3) is 0 Å². The van der Waals surface area contributed by atoms with Gasteiger partial charge in [-0.3, -0.25) is 19.2 Å². The van der Waals surface area contributed by atoms with E-state index in [1.165, 1.54) is 11.3 Å². The fourth-order valence-electron chi connectivity index (χ4n) is 3.22. The van der Waals surface area contributed by atoms with E-state index < -0.39 is 0 Å². The Morgan fingerprint density at radius 1 is 1.40 bits per heavy atom. The van der Waals surface area contributed by atoms with Crippen LogP contribution in [0.25, 0.3) is 0 Å². The smallest absolute Gasteiger partial charge is 0.229 e. The topological polar surface area (TPSA) is 108 Å². The number of carbonyl (C=O) groups excluding carboxylic acids is 2. The van der Waals surface area contributed by atoms with Crippen LogP contribution in [0.1, 0.15) is 22.8 Å². The van der Waals surface area contributed by atoms with Gasteiger partial charge in [-0.05, 0) is 13.0 Å². The second-order valence-electron chi connectivity index (χ2n) is 6.12. The fraction of sp³-hybridized carbons (Fsp3) is 0.467. The average Bonchev–Trinajstić information content (AvgIpc) is 3.30. The molecule has 1 unspecified atom stereocenters. The predicted molar refractivity (Wildman–Crippen MR) is 87.5 cm³/mol. The molecular weight excluding hydrogens is 342 g/mol. The van der Waals surface area contributed by atoms with E-state index in [4.69, 9.17) is 5.26 Å². The summed E-state index contributed by atoms with van der Waals surface area (Å²) < 4.78 is 1.76. The summed E-state index contributed by atoms with van der Waals surface area (Å²) in [6.45, 7) is 3.67. The summed E-state index contributed by atoms with van der Waals surface area (Å²) in [4.78, 5) is 28.4. The first-order valence-electron chi connectivity index (χ1n) is 7.91. The number of fused-ring (bicyclic) bond motifs is 1. The highest BCUT2D eigenvalue weighted by Gasteiger charge is 2.39. The molecule has 1 fully saturated rings. The number of nitriles is 1. The third-order valence-corrected chi connectivity index (χ3v) is 5.31. The van der Waals surface area contributed by atoms with Crippen molar-refractivity contribution in [2.75, 3.05) is 18.0 Å². The second kappa shape index (κ2) is 5.93. The Morgan fingerprint density at radius 2 is 2.24 bits per heavy atom. The fourth-order valence-corrected chi connectivity index (χ4v) is 3.93. The lowest BCUT2D eigenvalue weighted by molar-refractivity contribution is -0.137. The molecule has 1 saturated heterocycles. The maximum Gasteiger partial charge on any atom is 0.229 e. The van der Waals surface area contributed by atoms with Gasteiger partial charge in [0, 0.05) is 19.5 Å². The molecule has 4 rings (SSSR count). The number of amides is 2. The van der Waals surface area contributed by atoms with E-state index in [0.29, 0.717) is 37.0 Å². The zero-order valence-electron chi connectivity index (χ0n) is 13.5. The Balaban J connectivity index is 1.47. The van der Waals surface area contributed by atoms with Crippen LogP contribution in [0.5, 0.6) is 0 Å². The van der Waals surface area contributed by atoms with Crippen LogP contribution >= 0.6 is 11.3 Å². The lowest BCUT2D eigenvalue weighted by atomic mass is 10.1. The number of carbonyl (C=O) groups is 2. The van der Waals surface area contributed by atoms with E-state index in [-0.39, 0.29) is 24.2 Å². The van der Waals surface area contributed by atoms with Crippen LogP contribution in [0.15, 0.2) is 6.07 Å². The summed E-state index contributed by atoms with van der Waals surface area (Å²) in [7, 11) is 0. The van der Waals surface area contributed by atoms with E-state index in [1.54, 1.807) is 20.5 Å². The number of aryl methyl sites for hydroxylation is 1. The van der Waals surface area contributed by atoms with Crippen molar-refractivity contribution in [3.63, 3.8) is 0 Å². The minimum atomic E-state index is -0.374. The summed E-state index contributed by atoms with van der Waals surface area (Å²) in [6, 6.07) is 3.72. The molecule has 0 aromatic carbocycles. The molecule has 2 amide bonds. The van der Waals surface area contributed by atoms with Gasteiger partial charge in [0.2, 0.25) is 16.9 Å². The molecule has 10 heteroatoms. The molecule has 4 heterocycles. The molecule has 25 heavy (non-hydrogen) atoms. The third kappa shape index (κ3) is 2.76. The molecule has 0 bridgehead atoms. The predicted octanol–water partition coefficient (Wildman–Crippen LogP) is 0.310. The minimum absolute atomic E-state index is 0.0388. The lowest BCUT2D eigenvalue weighted by Gasteiger charge is -2.29. The molecule has 0 aliphatic carbocycles. The molecule has 1 atom stereocenters. The van der Waals surface area contributed by atoms with Crippen molar-refractivity contribution in [3.8, 4) is 6.07 Å². The molecule has 2 aromatic rings. The monoisotopic (exact) mass is 357 g/mol. The van der Waals surface area contributed by atoms with Gasteiger partial charge in [0.05, 0.1) is 24.7 Å². The first kappa shape index (κ1) is 15.7. The van der Waals surface area contributed by atoms with E-state index in [2.05, 4.69) is 15.3 Å². The van der Waals surface area contributed by atoms with Crippen molar-refractivity contribution in [2.45, 2.75) is 26.4 Å². The van der Waals surface area contributed by atoms with Crippen LogP contribution in [-0.2, 0) is 22.7 Å². The summed E-state index contributed by atoms with van der Waals surface area (Å²) in [5, 5.41) is 22.4. The highest BCUT2D eigenvalue weighted by molar-refractivity contribution is 7.15. The van der Waals surface area contributed by atoms with Gasteiger partial charge >= 0.3 is 0 Å². The van der Waals surface area contributed by atoms with E-state index in [1.807, 2.05) is 13.0 Å². The van der Waals surface area contributed by atoms with Crippen LogP contribution in [0, 0.1) is 24.2 Å². The summed E-state index contributed by atoms with van der Waals surface area (Å²) in [5.41, 5.74) is 1.20. The van der Waals surface area contributed by atoms with Crippen molar-refractivity contribution >= 4 is 28.3 Å². The molecule has 9 nitrogen and oxygen atoms in total. The van der Waals surface area contributed by atoms with Crippen LogP contribution in [0.3, 0.4) is 0 Å². The quantitative estimate of drug-likeness (QED) is 0.765. The molecular formula is C15H15N7O2S. The van der Waals surface area contributed by atoms with Gasteiger partial charge in [-0.15, -0.1) is 10.2 Å². The SMILES string of the molecule is Cc1nnc(N2CC(C(=O)N3CCn4nc(C#N)cc4C3)CC2=O)s1. The maximum absolute atomic E-state index is 12.8. The molecule has 0 spiro atoms. The number of nitrogens with zero attached hydrogens (tertiary/aromatic N) is 7. The standard InChI is InChI=1S/C15H15N7O2S/c1-9-17-18-15(25-9)21-7-10(4-13(21)23)14(24)20-2-3-22-12(8-20)5-11(6-16)19-22/h5,10H,2-4,7-8H2,1H3. The van der Waals surface area contributed by atoms with Crippen LogP contribution in [0.4, 0.5) is 5.13 Å². The van der Waals surface area contributed by atoms with Crippen LogP contribution in [0.2, 0.25) is 0 Å². The second-order valence-corrected chi connectivity index (χ2v) is 7.28. The summed E-state index contributed by atoms with van der Waals surface area (Å²) >= 11 is 1.35. The van der Waals surface area contributed by atoms with Gasteiger partial charge in [-0.1, -0.05) is 11.3 Å². The van der Waals surface area contributed by atoms with Crippen LogP contribution in [-0.4, -0.2) is 49.8 Å². The molecule has 128 valence electrons. The van der Waals surface area contributed by atoms with Crippen molar-refractivity contribution < 1.29 is 9.59 Å². The van der Waals surface area contributed by atoms with Gasteiger partial charge in [-0.2, -0.15) is 10.4 Å². The summed E-state index contributed by atoms with van der Waals surface area (Å²) in [5.74, 6) is -0.507.